The van der Waals surface area contributed by atoms with Gasteiger partial charge in [-0.1, -0.05) is 17.7 Å². The quantitative estimate of drug-likeness (QED) is 0.636. The number of hydrogen-bond donors (Lipinski definition) is 0. The lowest BCUT2D eigenvalue weighted by Gasteiger charge is -2.45. The lowest BCUT2D eigenvalue weighted by molar-refractivity contribution is -0.157. The minimum atomic E-state index is -0.912. The fraction of sp³-hybridized carbons (Fsp3) is 0.652. The molecular weight excluding hydrogens is 420 g/mol. The van der Waals surface area contributed by atoms with E-state index < -0.39 is 11.0 Å². The van der Waals surface area contributed by atoms with Crippen molar-refractivity contribution in [1.82, 2.24) is 9.80 Å². The first-order chi connectivity index (χ1) is 14.7. The maximum atomic E-state index is 13.1. The number of amides is 2. The van der Waals surface area contributed by atoms with Crippen molar-refractivity contribution in [1.29, 1.82) is 0 Å². The van der Waals surface area contributed by atoms with Crippen molar-refractivity contribution >= 4 is 23.4 Å². The van der Waals surface area contributed by atoms with Gasteiger partial charge in [0.25, 0.3) is 5.91 Å². The molecule has 1 unspecified atom stereocenters. The first kappa shape index (κ1) is 23.8. The highest BCUT2D eigenvalue weighted by atomic mass is 35.5. The van der Waals surface area contributed by atoms with E-state index in [1.54, 1.807) is 33.1 Å². The predicted molar refractivity (Wildman–Crippen MR) is 118 cm³/mol. The van der Waals surface area contributed by atoms with Crippen molar-refractivity contribution in [3.63, 3.8) is 0 Å². The molecule has 31 heavy (non-hydrogen) atoms. The molecule has 0 spiro atoms. The van der Waals surface area contributed by atoms with Gasteiger partial charge >= 0.3 is 0 Å². The number of halogens is 1. The molecule has 2 saturated heterocycles. The first-order valence-corrected chi connectivity index (χ1v) is 11.2. The number of piperidine rings is 1. The number of carbonyl (C=O) groups is 2. The number of likely N-dealkylation sites (tertiary alicyclic amines) is 1. The van der Waals surface area contributed by atoms with Gasteiger partial charge in [0.2, 0.25) is 5.91 Å². The lowest BCUT2D eigenvalue weighted by atomic mass is 9.76. The zero-order valence-corrected chi connectivity index (χ0v) is 19.5. The molecule has 7 nitrogen and oxygen atoms in total. The minimum Gasteiger partial charge on any atom is -0.493 e. The summed E-state index contributed by atoms with van der Waals surface area (Å²) >= 11 is 6.10. The third kappa shape index (κ3) is 6.11. The third-order valence-electron chi connectivity index (χ3n) is 6.21. The molecule has 0 N–H and O–H groups in total. The fourth-order valence-corrected chi connectivity index (χ4v) is 4.38. The van der Waals surface area contributed by atoms with Gasteiger partial charge in [-0.2, -0.15) is 0 Å². The van der Waals surface area contributed by atoms with E-state index in [1.165, 1.54) is 0 Å². The Bertz CT molecular complexity index is 781. The first-order valence-electron chi connectivity index (χ1n) is 10.8. The van der Waals surface area contributed by atoms with Gasteiger partial charge in [0.15, 0.2) is 0 Å². The molecule has 0 bridgehead atoms. The number of morpholine rings is 1. The maximum Gasteiger partial charge on any atom is 0.254 e. The van der Waals surface area contributed by atoms with Crippen LogP contribution in [0.5, 0.6) is 5.75 Å². The van der Waals surface area contributed by atoms with Crippen LogP contribution in [0.2, 0.25) is 5.02 Å². The van der Waals surface area contributed by atoms with Crippen molar-refractivity contribution in [3.05, 3.63) is 29.3 Å². The number of hydrogen-bond acceptors (Lipinski definition) is 5. The highest BCUT2D eigenvalue weighted by Gasteiger charge is 2.43. The van der Waals surface area contributed by atoms with E-state index in [9.17, 15) is 9.59 Å². The van der Waals surface area contributed by atoms with Gasteiger partial charge in [0.1, 0.15) is 11.4 Å². The van der Waals surface area contributed by atoms with Crippen molar-refractivity contribution in [3.8, 4) is 5.75 Å². The Morgan fingerprint density at radius 3 is 2.61 bits per heavy atom. The van der Waals surface area contributed by atoms with Crippen LogP contribution in [0.4, 0.5) is 0 Å². The molecule has 1 aromatic rings. The predicted octanol–water partition coefficient (Wildman–Crippen LogP) is 3.00. The highest BCUT2D eigenvalue weighted by Crippen LogP contribution is 2.36. The Morgan fingerprint density at radius 1 is 1.19 bits per heavy atom. The van der Waals surface area contributed by atoms with E-state index in [-0.39, 0.29) is 11.8 Å². The number of nitrogens with zero attached hydrogens (tertiary/aromatic N) is 2. The molecule has 172 valence electrons. The zero-order valence-electron chi connectivity index (χ0n) is 18.7. The standard InChI is InChI=1S/C23H33ClN2O5/c1-22(2,29-3)21(28)26-9-5-8-23(16-26,15-20(27)25-10-12-30-13-11-25)17-31-19-7-4-6-18(24)14-19/h4,6-7,14H,5,8-13,15-17H2,1-3H3. The summed E-state index contributed by atoms with van der Waals surface area (Å²) in [5.41, 5.74) is -1.39. The summed E-state index contributed by atoms with van der Waals surface area (Å²) in [5, 5.41) is 0.596. The highest BCUT2D eigenvalue weighted by molar-refractivity contribution is 6.30. The molecular formula is C23H33ClN2O5. The summed E-state index contributed by atoms with van der Waals surface area (Å²) < 4.78 is 16.9. The number of benzene rings is 1. The fourth-order valence-electron chi connectivity index (χ4n) is 4.20. The molecule has 1 atom stereocenters. The average molecular weight is 453 g/mol. The van der Waals surface area contributed by atoms with Gasteiger partial charge in [-0.25, -0.2) is 0 Å². The van der Waals surface area contributed by atoms with Gasteiger partial charge in [0.05, 0.1) is 19.8 Å². The van der Waals surface area contributed by atoms with Gasteiger partial charge in [-0.05, 0) is 44.9 Å². The normalized spacial score (nSPS) is 22.3. The summed E-state index contributed by atoms with van der Waals surface area (Å²) in [6.07, 6.45) is 1.94. The van der Waals surface area contributed by atoms with Crippen molar-refractivity contribution in [2.75, 3.05) is 53.1 Å². The van der Waals surface area contributed by atoms with Gasteiger partial charge in [-0.3, -0.25) is 9.59 Å². The van der Waals surface area contributed by atoms with Crippen LogP contribution >= 0.6 is 11.6 Å². The summed E-state index contributed by atoms with van der Waals surface area (Å²) in [4.78, 5) is 29.9. The molecule has 0 saturated carbocycles. The van der Waals surface area contributed by atoms with Gasteiger partial charge < -0.3 is 24.0 Å². The van der Waals surface area contributed by atoms with Gasteiger partial charge in [0, 0.05) is 50.1 Å². The van der Waals surface area contributed by atoms with E-state index in [4.69, 9.17) is 25.8 Å². The Morgan fingerprint density at radius 2 is 1.94 bits per heavy atom. The summed E-state index contributed by atoms with van der Waals surface area (Å²) in [5.74, 6) is 0.672. The Balaban J connectivity index is 1.78. The second kappa shape index (κ2) is 10.2. The average Bonchev–Trinajstić information content (AvgIpc) is 2.78. The Labute approximate surface area is 189 Å². The van der Waals surface area contributed by atoms with Crippen LogP contribution in [0.3, 0.4) is 0 Å². The van der Waals surface area contributed by atoms with E-state index in [0.717, 1.165) is 12.8 Å². The molecule has 3 rings (SSSR count). The van der Waals surface area contributed by atoms with Crippen LogP contribution in [0.15, 0.2) is 24.3 Å². The number of rotatable bonds is 7. The monoisotopic (exact) mass is 452 g/mol. The summed E-state index contributed by atoms with van der Waals surface area (Å²) in [6, 6.07) is 7.24. The third-order valence-corrected chi connectivity index (χ3v) is 6.44. The number of carbonyl (C=O) groups excluding carboxylic acids is 2. The van der Waals surface area contributed by atoms with Crippen LogP contribution < -0.4 is 4.74 Å². The van der Waals surface area contributed by atoms with E-state index in [0.29, 0.717) is 63.2 Å². The van der Waals surface area contributed by atoms with Crippen molar-refractivity contribution < 1.29 is 23.8 Å². The molecule has 2 amide bonds. The number of ether oxygens (including phenoxy) is 3. The second-order valence-corrected chi connectivity index (χ2v) is 9.40. The maximum absolute atomic E-state index is 13.1. The smallest absolute Gasteiger partial charge is 0.254 e. The lowest BCUT2D eigenvalue weighted by Crippen LogP contribution is -2.55. The SMILES string of the molecule is COC(C)(C)C(=O)N1CCCC(COc2cccc(Cl)c2)(CC(=O)N2CCOCC2)C1. The van der Waals surface area contributed by atoms with Crippen molar-refractivity contribution in [2.24, 2.45) is 5.41 Å². The molecule has 0 radical (unpaired) electrons. The van der Waals surface area contributed by atoms with E-state index in [1.807, 2.05) is 21.9 Å². The molecule has 8 heteroatoms. The Kier molecular flexibility index (Phi) is 7.83. The van der Waals surface area contributed by atoms with E-state index in [2.05, 4.69) is 0 Å². The number of methoxy groups -OCH3 is 1. The molecule has 1 aromatic carbocycles. The second-order valence-electron chi connectivity index (χ2n) is 8.96. The topological polar surface area (TPSA) is 68.3 Å². The minimum absolute atomic E-state index is 0.0688. The summed E-state index contributed by atoms with van der Waals surface area (Å²) in [6.45, 7) is 7.30. The Hall–Kier alpha value is -1.83. The summed E-state index contributed by atoms with van der Waals surface area (Å²) in [7, 11) is 1.54. The van der Waals surface area contributed by atoms with Crippen LogP contribution in [-0.2, 0) is 19.1 Å². The largest absolute Gasteiger partial charge is 0.493 e. The van der Waals surface area contributed by atoms with Crippen LogP contribution in [0.25, 0.3) is 0 Å². The molecule has 0 aliphatic carbocycles. The molecule has 2 aliphatic heterocycles. The van der Waals surface area contributed by atoms with Gasteiger partial charge in [-0.15, -0.1) is 0 Å². The molecule has 0 aromatic heterocycles. The zero-order chi connectivity index (χ0) is 22.5. The molecule has 2 heterocycles. The molecule has 2 aliphatic rings. The van der Waals surface area contributed by atoms with Crippen LogP contribution in [0.1, 0.15) is 33.1 Å². The van der Waals surface area contributed by atoms with Crippen LogP contribution in [-0.4, -0.2) is 80.3 Å². The van der Waals surface area contributed by atoms with Crippen LogP contribution in [0, 0.1) is 5.41 Å². The molecule has 2 fully saturated rings. The van der Waals surface area contributed by atoms with Crippen molar-refractivity contribution in [2.45, 2.75) is 38.7 Å². The van der Waals surface area contributed by atoms with E-state index >= 15 is 0 Å².